The Kier molecular flexibility index (Phi) is 5.23. The molecule has 4 rings (SSSR count). The second kappa shape index (κ2) is 8.12. The van der Waals surface area contributed by atoms with E-state index in [0.717, 1.165) is 39.7 Å². The third-order valence-corrected chi connectivity index (χ3v) is 4.61. The Morgan fingerprint density at radius 1 is 1.04 bits per heavy atom. The molecule has 0 fully saturated rings. The highest BCUT2D eigenvalue weighted by Gasteiger charge is 2.11. The van der Waals surface area contributed by atoms with Crippen molar-refractivity contribution in [3.8, 4) is 0 Å². The van der Waals surface area contributed by atoms with Crippen LogP contribution in [0, 0.1) is 0 Å². The average Bonchev–Trinajstić information content (AvgIpc) is 3.25. The zero-order chi connectivity index (χ0) is 18.5. The summed E-state index contributed by atoms with van der Waals surface area (Å²) in [7, 11) is 0. The van der Waals surface area contributed by atoms with Crippen molar-refractivity contribution in [3.63, 3.8) is 0 Å². The molecule has 0 unspecified atom stereocenters. The van der Waals surface area contributed by atoms with Gasteiger partial charge >= 0.3 is 0 Å². The van der Waals surface area contributed by atoms with Crippen LogP contribution in [0.3, 0.4) is 0 Å². The number of hydroxylamine groups is 1. The monoisotopic (exact) mass is 359 g/mol. The Morgan fingerprint density at radius 3 is 2.74 bits per heavy atom. The van der Waals surface area contributed by atoms with Gasteiger partial charge in [0.25, 0.3) is 0 Å². The first-order chi connectivity index (χ1) is 13.3. The summed E-state index contributed by atoms with van der Waals surface area (Å²) < 4.78 is 5.78. The third kappa shape index (κ3) is 4.05. The van der Waals surface area contributed by atoms with E-state index >= 15 is 0 Å². The molecule has 2 aromatic rings. The highest BCUT2D eigenvalue weighted by atomic mass is 16.5. The van der Waals surface area contributed by atoms with Gasteiger partial charge in [-0.25, -0.2) is 5.06 Å². The first kappa shape index (κ1) is 17.4. The Morgan fingerprint density at radius 2 is 1.93 bits per heavy atom. The molecule has 2 heterocycles. The normalized spacial score (nSPS) is 16.9. The molecule has 2 aliphatic heterocycles. The number of rotatable bonds is 6. The van der Waals surface area contributed by atoms with E-state index in [0.29, 0.717) is 13.2 Å². The summed E-state index contributed by atoms with van der Waals surface area (Å²) in [6, 6.07) is 16.2. The number of azo groups is 1. The maximum atomic E-state index is 10.2. The zero-order valence-electron chi connectivity index (χ0n) is 15.0. The second-order valence-electron chi connectivity index (χ2n) is 6.48. The minimum absolute atomic E-state index is 0.636. The van der Waals surface area contributed by atoms with Crippen LogP contribution in [0.4, 0.5) is 5.69 Å². The van der Waals surface area contributed by atoms with Crippen LogP contribution in [0.1, 0.15) is 18.4 Å². The van der Waals surface area contributed by atoms with E-state index in [4.69, 9.17) is 4.74 Å². The Hall–Kier alpha value is -3.02. The number of hydrogen-bond donors (Lipinski definition) is 1. The molecule has 0 atom stereocenters. The highest BCUT2D eigenvalue weighted by molar-refractivity contribution is 5.69. The van der Waals surface area contributed by atoms with Gasteiger partial charge in [0.15, 0.2) is 0 Å². The van der Waals surface area contributed by atoms with E-state index in [9.17, 15) is 5.21 Å². The van der Waals surface area contributed by atoms with Gasteiger partial charge in [0, 0.05) is 23.2 Å². The standard InChI is InChI=1S/C22H21N3O2/c26-25-13-11-18(7-4-14-27-16-17-5-2-1-3-6-17)20-9-8-19(15-22(20)25)21-10-12-23-24-21/h1-3,5-6,8-13,15,26H,4,7,14,16H2/b21-19-. The predicted molar refractivity (Wildman–Crippen MR) is 105 cm³/mol. The molecule has 0 radical (unpaired) electrons. The van der Waals surface area contributed by atoms with E-state index in [1.807, 2.05) is 48.6 Å². The Bertz CT molecular complexity index is 1010. The number of ether oxygens (including phenoxy) is 1. The number of fused-ring (bicyclic) bond motifs is 1. The summed E-state index contributed by atoms with van der Waals surface area (Å²) in [5, 5.41) is 21.3. The van der Waals surface area contributed by atoms with Crippen LogP contribution in [-0.4, -0.2) is 11.8 Å². The van der Waals surface area contributed by atoms with Crippen molar-refractivity contribution in [2.24, 2.45) is 10.2 Å². The van der Waals surface area contributed by atoms with Crippen LogP contribution >= 0.6 is 0 Å². The van der Waals surface area contributed by atoms with Crippen LogP contribution in [0.15, 0.2) is 83.3 Å². The lowest BCUT2D eigenvalue weighted by molar-refractivity contribution is 0.119. The van der Waals surface area contributed by atoms with Gasteiger partial charge < -0.3 is 4.74 Å². The Balaban J connectivity index is 1.46. The van der Waals surface area contributed by atoms with Crippen molar-refractivity contribution in [2.75, 3.05) is 11.7 Å². The van der Waals surface area contributed by atoms with Crippen LogP contribution < -0.4 is 15.5 Å². The largest absolute Gasteiger partial charge is 0.377 e. The molecule has 5 heteroatoms. The van der Waals surface area contributed by atoms with E-state index < -0.39 is 0 Å². The first-order valence-corrected chi connectivity index (χ1v) is 9.04. The first-order valence-electron chi connectivity index (χ1n) is 9.04. The van der Waals surface area contributed by atoms with E-state index in [-0.39, 0.29) is 0 Å². The van der Waals surface area contributed by atoms with Gasteiger partial charge in [-0.3, -0.25) is 5.21 Å². The third-order valence-electron chi connectivity index (χ3n) is 4.61. The van der Waals surface area contributed by atoms with Gasteiger partial charge in [0.05, 0.1) is 24.2 Å². The lowest BCUT2D eigenvalue weighted by atomic mass is 10.0. The van der Waals surface area contributed by atoms with Crippen LogP contribution in [0.5, 0.6) is 0 Å². The average molecular weight is 359 g/mol. The number of allylic oxidation sites excluding steroid dienone is 1. The van der Waals surface area contributed by atoms with Crippen molar-refractivity contribution < 1.29 is 9.94 Å². The van der Waals surface area contributed by atoms with Gasteiger partial charge in [-0.15, -0.1) is 0 Å². The quantitative estimate of drug-likeness (QED) is 0.801. The minimum Gasteiger partial charge on any atom is -0.377 e. The van der Waals surface area contributed by atoms with Gasteiger partial charge in [0.1, 0.15) is 0 Å². The molecule has 0 aromatic heterocycles. The maximum Gasteiger partial charge on any atom is 0.0945 e. The van der Waals surface area contributed by atoms with Crippen LogP contribution in [0.25, 0.3) is 11.3 Å². The summed E-state index contributed by atoms with van der Waals surface area (Å²) in [4.78, 5) is 0. The molecule has 136 valence electrons. The summed E-state index contributed by atoms with van der Waals surface area (Å²) in [6.45, 7) is 1.34. The van der Waals surface area contributed by atoms with E-state index in [1.54, 1.807) is 12.4 Å². The van der Waals surface area contributed by atoms with Gasteiger partial charge in [-0.1, -0.05) is 42.5 Å². The molecule has 2 aliphatic rings. The van der Waals surface area contributed by atoms with Crippen molar-refractivity contribution in [1.29, 1.82) is 0 Å². The van der Waals surface area contributed by atoms with Crippen LogP contribution in [-0.2, 0) is 11.3 Å². The fourth-order valence-corrected chi connectivity index (χ4v) is 3.22. The second-order valence-corrected chi connectivity index (χ2v) is 6.48. The summed E-state index contributed by atoms with van der Waals surface area (Å²) in [5.41, 5.74) is 3.95. The molecule has 0 saturated heterocycles. The molecular weight excluding hydrogens is 338 g/mol. The Labute approximate surface area is 157 Å². The number of hydrogen-bond acceptors (Lipinski definition) is 5. The van der Waals surface area contributed by atoms with Crippen molar-refractivity contribution >= 4 is 17.0 Å². The van der Waals surface area contributed by atoms with Crippen molar-refractivity contribution in [2.45, 2.75) is 19.4 Å². The molecule has 0 saturated carbocycles. The fraction of sp³-hybridized carbons (Fsp3) is 0.182. The maximum absolute atomic E-state index is 10.2. The minimum atomic E-state index is 0.636. The lowest BCUT2D eigenvalue weighted by Gasteiger charge is -2.19. The molecule has 0 spiro atoms. The molecule has 1 N–H and O–H groups in total. The van der Waals surface area contributed by atoms with Crippen molar-refractivity contribution in [1.82, 2.24) is 0 Å². The molecule has 0 bridgehead atoms. The van der Waals surface area contributed by atoms with Gasteiger partial charge in [-0.2, -0.15) is 10.2 Å². The lowest BCUT2D eigenvalue weighted by Crippen LogP contribution is -2.26. The number of nitrogens with zero attached hydrogens (tertiary/aromatic N) is 3. The fourth-order valence-electron chi connectivity index (χ4n) is 3.22. The van der Waals surface area contributed by atoms with Gasteiger partial charge in [0.2, 0.25) is 0 Å². The zero-order valence-corrected chi connectivity index (χ0v) is 15.0. The highest BCUT2D eigenvalue weighted by Crippen LogP contribution is 2.17. The number of anilines is 1. The molecule has 0 amide bonds. The number of benzene rings is 2. The van der Waals surface area contributed by atoms with E-state index in [1.165, 1.54) is 11.1 Å². The molecule has 0 aliphatic carbocycles. The molecular formula is C22H21N3O2. The van der Waals surface area contributed by atoms with E-state index in [2.05, 4.69) is 22.4 Å². The molecule has 27 heavy (non-hydrogen) atoms. The topological polar surface area (TPSA) is 57.4 Å². The van der Waals surface area contributed by atoms with Crippen LogP contribution in [0.2, 0.25) is 0 Å². The SMILES string of the molecule is ON1C=CC(CCCOCc2ccccc2)=c2cc/c(=C3\C=CN=N3)cc21. The molecule has 2 aromatic carbocycles. The predicted octanol–water partition coefficient (Wildman–Crippen LogP) is 3.64. The van der Waals surface area contributed by atoms with Gasteiger partial charge in [-0.05, 0) is 42.2 Å². The molecule has 5 nitrogen and oxygen atoms in total. The smallest absolute Gasteiger partial charge is 0.0945 e. The summed E-state index contributed by atoms with van der Waals surface area (Å²) in [6.07, 6.45) is 8.98. The summed E-state index contributed by atoms with van der Waals surface area (Å²) >= 11 is 0. The van der Waals surface area contributed by atoms with Crippen molar-refractivity contribution in [3.05, 3.63) is 89.1 Å². The summed E-state index contributed by atoms with van der Waals surface area (Å²) in [5.74, 6) is 0.